The maximum atomic E-state index is 10.8. The molecule has 0 atom stereocenters. The molecular weight excluding hydrogens is 104 g/mol. The van der Waals surface area contributed by atoms with Crippen LogP contribution in [0.4, 0.5) is 0 Å². The third-order valence-electron chi connectivity index (χ3n) is 1.45. The quantitative estimate of drug-likeness (QED) is 0.453. The molecule has 0 N–H and O–H groups in total. The van der Waals surface area contributed by atoms with Crippen molar-refractivity contribution < 1.29 is 10.2 Å². The second kappa shape index (κ2) is 1.71. The first kappa shape index (κ1) is 7.92. The molecule has 0 aliphatic rings. The molecule has 0 aromatic carbocycles. The highest BCUT2D eigenvalue weighted by Gasteiger charge is 2.12. The molecule has 0 aliphatic carbocycles. The zero-order valence-corrected chi connectivity index (χ0v) is 5.82. The molecule has 0 amide bonds. The van der Waals surface area contributed by atoms with Gasteiger partial charge in [-0.05, 0) is 0 Å². The fourth-order valence-electron chi connectivity index (χ4n) is 0. The molecule has 0 heterocycles. The van der Waals surface area contributed by atoms with Gasteiger partial charge in [-0.1, -0.05) is 27.7 Å². The SMILES string of the molecule is CC(C)([O-])C(C)(C)[O-]. The summed E-state index contributed by atoms with van der Waals surface area (Å²) in [5, 5.41) is 21.6. The lowest BCUT2D eigenvalue weighted by Gasteiger charge is -2.54. The van der Waals surface area contributed by atoms with Crippen molar-refractivity contribution in [2.24, 2.45) is 0 Å². The first-order valence-electron chi connectivity index (χ1n) is 2.66. The van der Waals surface area contributed by atoms with E-state index in [1.165, 1.54) is 27.7 Å². The van der Waals surface area contributed by atoms with Crippen LogP contribution in [0, 0.1) is 0 Å². The average molecular weight is 116 g/mol. The summed E-state index contributed by atoms with van der Waals surface area (Å²) >= 11 is 0. The van der Waals surface area contributed by atoms with Gasteiger partial charge >= 0.3 is 0 Å². The van der Waals surface area contributed by atoms with Crippen molar-refractivity contribution in [2.45, 2.75) is 38.9 Å². The Morgan fingerprint density at radius 3 is 0.875 bits per heavy atom. The van der Waals surface area contributed by atoms with Crippen molar-refractivity contribution in [1.82, 2.24) is 0 Å². The Hall–Kier alpha value is -0.0800. The molecule has 0 fully saturated rings. The molecule has 8 heavy (non-hydrogen) atoms. The lowest BCUT2D eigenvalue weighted by atomic mass is 9.90. The van der Waals surface area contributed by atoms with Gasteiger partial charge in [-0.2, -0.15) is 0 Å². The topological polar surface area (TPSA) is 46.1 Å². The Morgan fingerprint density at radius 2 is 0.875 bits per heavy atom. The van der Waals surface area contributed by atoms with Gasteiger partial charge in [0.25, 0.3) is 0 Å². The molecular formula is C6H12O2-2. The average Bonchev–Trinajstić information content (AvgIpc) is 1.25. The summed E-state index contributed by atoms with van der Waals surface area (Å²) in [5.41, 5.74) is -2.74. The smallest absolute Gasteiger partial charge is 0.0762 e. The van der Waals surface area contributed by atoms with E-state index >= 15 is 0 Å². The van der Waals surface area contributed by atoms with Gasteiger partial charge in [-0.3, -0.25) is 0 Å². The Bertz CT molecular complexity index is 61.5. The van der Waals surface area contributed by atoms with Crippen LogP contribution in [-0.4, -0.2) is 11.2 Å². The Balaban J connectivity index is 4.02. The summed E-state index contributed by atoms with van der Waals surface area (Å²) < 4.78 is 0. The first-order chi connectivity index (χ1) is 3.25. The van der Waals surface area contributed by atoms with Crippen LogP contribution in [0.1, 0.15) is 27.7 Å². The summed E-state index contributed by atoms with van der Waals surface area (Å²) in [4.78, 5) is 0. The van der Waals surface area contributed by atoms with Crippen LogP contribution in [0.5, 0.6) is 0 Å². The third kappa shape index (κ3) is 1.80. The molecule has 0 aliphatic heterocycles. The van der Waals surface area contributed by atoms with Crippen LogP contribution in [-0.2, 0) is 0 Å². The summed E-state index contributed by atoms with van der Waals surface area (Å²) in [6.07, 6.45) is 0. The number of hydrogen-bond acceptors (Lipinski definition) is 2. The molecule has 2 nitrogen and oxygen atoms in total. The third-order valence-corrected chi connectivity index (χ3v) is 1.45. The van der Waals surface area contributed by atoms with Gasteiger partial charge < -0.3 is 10.2 Å². The van der Waals surface area contributed by atoms with E-state index in [1.807, 2.05) is 0 Å². The summed E-state index contributed by atoms with van der Waals surface area (Å²) in [7, 11) is 0. The molecule has 50 valence electrons. The zero-order chi connectivity index (χ0) is 7.00. The van der Waals surface area contributed by atoms with Crippen LogP contribution >= 0.6 is 0 Å². The Labute approximate surface area is 50.2 Å². The number of rotatable bonds is 1. The van der Waals surface area contributed by atoms with Crippen molar-refractivity contribution in [1.29, 1.82) is 0 Å². The van der Waals surface area contributed by atoms with Crippen LogP contribution in [0.25, 0.3) is 0 Å². The lowest BCUT2D eigenvalue weighted by Crippen LogP contribution is -2.62. The molecule has 0 saturated carbocycles. The Kier molecular flexibility index (Phi) is 1.69. The van der Waals surface area contributed by atoms with E-state index in [0.29, 0.717) is 0 Å². The van der Waals surface area contributed by atoms with E-state index in [4.69, 9.17) is 0 Å². The fourth-order valence-corrected chi connectivity index (χ4v) is 0. The molecule has 0 saturated heterocycles. The Morgan fingerprint density at radius 1 is 0.750 bits per heavy atom. The molecule has 0 aromatic heterocycles. The van der Waals surface area contributed by atoms with Gasteiger partial charge in [0, 0.05) is 0 Å². The normalized spacial score (nSPS) is 14.2. The molecule has 0 bridgehead atoms. The minimum Gasteiger partial charge on any atom is -0.850 e. The van der Waals surface area contributed by atoms with Gasteiger partial charge in [-0.25, -0.2) is 0 Å². The maximum absolute atomic E-state index is 10.8. The molecule has 0 rings (SSSR count). The second-order valence-electron chi connectivity index (χ2n) is 3.02. The summed E-state index contributed by atoms with van der Waals surface area (Å²) in [5.74, 6) is 0. The second-order valence-corrected chi connectivity index (χ2v) is 3.02. The van der Waals surface area contributed by atoms with E-state index in [2.05, 4.69) is 0 Å². The highest BCUT2D eigenvalue weighted by molar-refractivity contribution is 4.81. The predicted molar refractivity (Wildman–Crippen MR) is 28.2 cm³/mol. The highest BCUT2D eigenvalue weighted by Crippen LogP contribution is 2.12. The minimum absolute atomic E-state index is 1.37. The number of hydrogen-bond donors (Lipinski definition) is 0. The van der Waals surface area contributed by atoms with Gasteiger partial charge in [0.15, 0.2) is 0 Å². The van der Waals surface area contributed by atoms with E-state index in [9.17, 15) is 10.2 Å². The van der Waals surface area contributed by atoms with Crippen molar-refractivity contribution in [3.63, 3.8) is 0 Å². The van der Waals surface area contributed by atoms with Gasteiger partial charge in [0.1, 0.15) is 0 Å². The van der Waals surface area contributed by atoms with Crippen molar-refractivity contribution in [3.05, 3.63) is 0 Å². The molecule has 0 aromatic rings. The summed E-state index contributed by atoms with van der Waals surface area (Å²) in [6.45, 7) is 5.61. The molecule has 0 spiro atoms. The molecule has 0 unspecified atom stereocenters. The van der Waals surface area contributed by atoms with Crippen LogP contribution < -0.4 is 10.2 Å². The van der Waals surface area contributed by atoms with Gasteiger partial charge in [-0.15, -0.1) is 11.2 Å². The largest absolute Gasteiger partial charge is 0.850 e. The fraction of sp³-hybridized carbons (Fsp3) is 1.00. The highest BCUT2D eigenvalue weighted by atomic mass is 16.3. The van der Waals surface area contributed by atoms with E-state index in [1.54, 1.807) is 0 Å². The van der Waals surface area contributed by atoms with E-state index in [-0.39, 0.29) is 0 Å². The van der Waals surface area contributed by atoms with Crippen LogP contribution in [0.2, 0.25) is 0 Å². The molecule has 2 heteroatoms. The zero-order valence-electron chi connectivity index (χ0n) is 5.82. The maximum Gasteiger partial charge on any atom is -0.0762 e. The first-order valence-corrected chi connectivity index (χ1v) is 2.66. The van der Waals surface area contributed by atoms with Crippen molar-refractivity contribution in [3.8, 4) is 0 Å². The van der Waals surface area contributed by atoms with E-state index in [0.717, 1.165) is 0 Å². The van der Waals surface area contributed by atoms with Gasteiger partial charge in [0.2, 0.25) is 0 Å². The van der Waals surface area contributed by atoms with Crippen LogP contribution in [0.3, 0.4) is 0 Å². The standard InChI is InChI=1S/C6H12O2/c1-5(2,7)6(3,4)8/h1-4H3/q-2. The van der Waals surface area contributed by atoms with Gasteiger partial charge in [0.05, 0.1) is 0 Å². The summed E-state index contributed by atoms with van der Waals surface area (Å²) in [6, 6.07) is 0. The molecule has 0 radical (unpaired) electrons. The lowest BCUT2D eigenvalue weighted by molar-refractivity contribution is -0.595. The predicted octanol–water partition coefficient (Wildman–Crippen LogP) is -0.736. The van der Waals surface area contributed by atoms with Crippen LogP contribution in [0.15, 0.2) is 0 Å². The minimum atomic E-state index is -1.37. The van der Waals surface area contributed by atoms with E-state index < -0.39 is 11.2 Å². The monoisotopic (exact) mass is 116 g/mol. The van der Waals surface area contributed by atoms with Crippen molar-refractivity contribution in [2.75, 3.05) is 0 Å². The van der Waals surface area contributed by atoms with Crippen molar-refractivity contribution >= 4 is 0 Å².